The van der Waals surface area contributed by atoms with Crippen molar-refractivity contribution in [3.05, 3.63) is 0 Å². The van der Waals surface area contributed by atoms with Crippen LogP contribution in [0.1, 0.15) is 27.2 Å². The Morgan fingerprint density at radius 2 is 1.57 bits per heavy atom. The van der Waals surface area contributed by atoms with Crippen LogP contribution < -0.4 is 10.6 Å². The van der Waals surface area contributed by atoms with Crippen LogP contribution in [0.3, 0.4) is 0 Å². The Morgan fingerprint density at radius 1 is 1.00 bits per heavy atom. The van der Waals surface area contributed by atoms with E-state index in [0.29, 0.717) is 12.6 Å². The molecule has 0 rings (SSSR count). The third-order valence-corrected chi connectivity index (χ3v) is 1.38. The summed E-state index contributed by atoms with van der Waals surface area (Å²) in [5, 5.41) is 22.6. The van der Waals surface area contributed by atoms with Crippen molar-refractivity contribution in [1.29, 1.82) is 0 Å². The van der Waals surface area contributed by atoms with Crippen LogP contribution in [-0.4, -0.2) is 49.1 Å². The Hall–Kier alpha value is -0.160. The molecule has 0 unspecified atom stereocenters. The van der Waals surface area contributed by atoms with Crippen LogP contribution in [0.15, 0.2) is 0 Å². The van der Waals surface area contributed by atoms with Crippen molar-refractivity contribution in [2.45, 2.75) is 33.2 Å². The fourth-order valence-electron chi connectivity index (χ4n) is 0.734. The molecule has 0 saturated heterocycles. The highest BCUT2D eigenvalue weighted by molar-refractivity contribution is 4.49. The molecule has 0 saturated carbocycles. The molecule has 0 heterocycles. The summed E-state index contributed by atoms with van der Waals surface area (Å²) in [6.07, 6.45) is 1.14. The van der Waals surface area contributed by atoms with Crippen molar-refractivity contribution in [1.82, 2.24) is 10.6 Å². The van der Waals surface area contributed by atoms with Gasteiger partial charge in [0.05, 0.1) is 13.2 Å². The monoisotopic (exact) mass is 206 g/mol. The summed E-state index contributed by atoms with van der Waals surface area (Å²) in [7, 11) is 0. The van der Waals surface area contributed by atoms with Crippen LogP contribution in [-0.2, 0) is 0 Å². The van der Waals surface area contributed by atoms with Gasteiger partial charge < -0.3 is 20.8 Å². The predicted octanol–water partition coefficient (Wildman–Crippen LogP) is -0.0450. The molecule has 88 valence electrons. The van der Waals surface area contributed by atoms with Crippen molar-refractivity contribution in [3.8, 4) is 0 Å². The quantitative estimate of drug-likeness (QED) is 0.441. The van der Waals surface area contributed by atoms with E-state index in [1.165, 1.54) is 0 Å². The van der Waals surface area contributed by atoms with E-state index in [0.717, 1.165) is 19.5 Å². The highest BCUT2D eigenvalue weighted by Gasteiger charge is 1.86. The topological polar surface area (TPSA) is 64.5 Å². The Kier molecular flexibility index (Phi) is 17.8. The van der Waals surface area contributed by atoms with E-state index in [1.54, 1.807) is 0 Å². The first-order valence-corrected chi connectivity index (χ1v) is 5.34. The molecule has 0 amide bonds. The normalized spacial score (nSPS) is 9.86. The molecular weight excluding hydrogens is 180 g/mol. The van der Waals surface area contributed by atoms with Crippen LogP contribution in [0.5, 0.6) is 0 Å². The average Bonchev–Trinajstić information content (AvgIpc) is 2.16. The lowest BCUT2D eigenvalue weighted by Gasteiger charge is -2.03. The molecule has 0 aromatic heterocycles. The van der Waals surface area contributed by atoms with Gasteiger partial charge in [-0.3, -0.25) is 0 Å². The molecule has 4 heteroatoms. The van der Waals surface area contributed by atoms with Crippen LogP contribution in [0, 0.1) is 0 Å². The van der Waals surface area contributed by atoms with E-state index in [9.17, 15) is 0 Å². The van der Waals surface area contributed by atoms with E-state index < -0.39 is 0 Å². The highest BCUT2D eigenvalue weighted by Crippen LogP contribution is 1.71. The van der Waals surface area contributed by atoms with Crippen molar-refractivity contribution in [2.75, 3.05) is 32.8 Å². The lowest BCUT2D eigenvalue weighted by atomic mass is 10.4. The van der Waals surface area contributed by atoms with E-state index in [2.05, 4.69) is 31.4 Å². The minimum Gasteiger partial charge on any atom is -0.395 e. The Morgan fingerprint density at radius 3 is 1.86 bits per heavy atom. The lowest BCUT2D eigenvalue weighted by Crippen LogP contribution is -2.25. The van der Waals surface area contributed by atoms with E-state index >= 15 is 0 Å². The standard InChI is InChI=1S/2C5H13NO/c1-5(2)6-3-4-7;1-2-3-6-4-5-7/h5-7H,3-4H2,1-2H3;6-7H,2-5H2,1H3. The first-order chi connectivity index (χ1) is 6.68. The average molecular weight is 206 g/mol. The second-order valence-corrected chi connectivity index (χ2v) is 3.31. The van der Waals surface area contributed by atoms with Gasteiger partial charge in [0, 0.05) is 19.1 Å². The summed E-state index contributed by atoms with van der Waals surface area (Å²) in [6.45, 7) is 9.14. The van der Waals surface area contributed by atoms with Crippen molar-refractivity contribution < 1.29 is 10.2 Å². The number of hydrogen-bond donors (Lipinski definition) is 4. The number of aliphatic hydroxyl groups excluding tert-OH is 2. The van der Waals surface area contributed by atoms with Crippen molar-refractivity contribution >= 4 is 0 Å². The number of aliphatic hydroxyl groups is 2. The minimum absolute atomic E-state index is 0.234. The molecule has 0 aromatic rings. The van der Waals surface area contributed by atoms with Gasteiger partial charge >= 0.3 is 0 Å². The first kappa shape index (κ1) is 16.3. The van der Waals surface area contributed by atoms with Gasteiger partial charge in [0.2, 0.25) is 0 Å². The fourth-order valence-corrected chi connectivity index (χ4v) is 0.734. The third kappa shape index (κ3) is 22.6. The maximum atomic E-state index is 8.25. The summed E-state index contributed by atoms with van der Waals surface area (Å²) < 4.78 is 0. The van der Waals surface area contributed by atoms with Gasteiger partial charge in [-0.2, -0.15) is 0 Å². The molecule has 0 aliphatic heterocycles. The highest BCUT2D eigenvalue weighted by atomic mass is 16.3. The van der Waals surface area contributed by atoms with Gasteiger partial charge in [-0.05, 0) is 13.0 Å². The summed E-state index contributed by atoms with van der Waals surface area (Å²) >= 11 is 0. The maximum Gasteiger partial charge on any atom is 0.0556 e. The lowest BCUT2D eigenvalue weighted by molar-refractivity contribution is 0.287. The number of hydrogen-bond acceptors (Lipinski definition) is 4. The second kappa shape index (κ2) is 15.3. The van der Waals surface area contributed by atoms with Gasteiger partial charge in [-0.15, -0.1) is 0 Å². The van der Waals surface area contributed by atoms with Gasteiger partial charge in [-0.25, -0.2) is 0 Å². The molecule has 0 fully saturated rings. The maximum absolute atomic E-state index is 8.25. The third-order valence-electron chi connectivity index (χ3n) is 1.38. The summed E-state index contributed by atoms with van der Waals surface area (Å²) in [6, 6.07) is 0.493. The zero-order valence-electron chi connectivity index (χ0n) is 9.71. The molecule has 0 aliphatic carbocycles. The van der Waals surface area contributed by atoms with Gasteiger partial charge in [0.25, 0.3) is 0 Å². The largest absolute Gasteiger partial charge is 0.395 e. The SMILES string of the molecule is CC(C)NCCO.CCCNCCO. The van der Waals surface area contributed by atoms with Crippen LogP contribution in [0.4, 0.5) is 0 Å². The van der Waals surface area contributed by atoms with E-state index in [-0.39, 0.29) is 13.2 Å². The van der Waals surface area contributed by atoms with E-state index in [4.69, 9.17) is 10.2 Å². The fraction of sp³-hybridized carbons (Fsp3) is 1.00. The molecular formula is C10H26N2O2. The van der Waals surface area contributed by atoms with Crippen molar-refractivity contribution in [3.63, 3.8) is 0 Å². The Balaban J connectivity index is 0. The van der Waals surface area contributed by atoms with E-state index in [1.807, 2.05) is 0 Å². The zero-order chi connectivity index (χ0) is 11.2. The Bertz CT molecular complexity index is 86.2. The molecule has 0 aliphatic rings. The second-order valence-electron chi connectivity index (χ2n) is 3.31. The summed E-state index contributed by atoms with van der Waals surface area (Å²) in [5.41, 5.74) is 0. The Labute approximate surface area is 87.7 Å². The minimum atomic E-state index is 0.234. The van der Waals surface area contributed by atoms with Crippen LogP contribution in [0.25, 0.3) is 0 Å². The van der Waals surface area contributed by atoms with Crippen LogP contribution >= 0.6 is 0 Å². The van der Waals surface area contributed by atoms with Gasteiger partial charge in [0.15, 0.2) is 0 Å². The van der Waals surface area contributed by atoms with Crippen molar-refractivity contribution in [2.24, 2.45) is 0 Å². The van der Waals surface area contributed by atoms with Gasteiger partial charge in [0.1, 0.15) is 0 Å². The molecule has 14 heavy (non-hydrogen) atoms. The molecule has 4 nitrogen and oxygen atoms in total. The first-order valence-electron chi connectivity index (χ1n) is 5.34. The van der Waals surface area contributed by atoms with Gasteiger partial charge in [-0.1, -0.05) is 20.8 Å². The number of rotatable bonds is 7. The molecule has 0 spiro atoms. The molecule has 4 N–H and O–H groups in total. The smallest absolute Gasteiger partial charge is 0.0556 e. The predicted molar refractivity (Wildman–Crippen MR) is 60.5 cm³/mol. The molecule has 0 atom stereocenters. The van der Waals surface area contributed by atoms with Crippen LogP contribution in [0.2, 0.25) is 0 Å². The molecule has 0 radical (unpaired) electrons. The molecule has 0 bridgehead atoms. The summed E-state index contributed by atoms with van der Waals surface area (Å²) in [4.78, 5) is 0. The summed E-state index contributed by atoms with van der Waals surface area (Å²) in [5.74, 6) is 0. The zero-order valence-corrected chi connectivity index (χ0v) is 9.71. The number of nitrogens with one attached hydrogen (secondary N) is 2. The molecule has 0 aromatic carbocycles.